The van der Waals surface area contributed by atoms with Crippen LogP contribution in [0.25, 0.3) is 0 Å². The summed E-state index contributed by atoms with van der Waals surface area (Å²) in [6.45, 7) is 7.23. The van der Waals surface area contributed by atoms with Crippen LogP contribution in [0.1, 0.15) is 33.1 Å². The van der Waals surface area contributed by atoms with E-state index < -0.39 is 8.96 Å². The first-order chi connectivity index (χ1) is 5.88. The van der Waals surface area contributed by atoms with E-state index in [0.29, 0.717) is 0 Å². The molecule has 0 spiro atoms. The molecule has 0 aliphatic carbocycles. The average Bonchev–Trinajstić information content (AvgIpc) is 2.15. The van der Waals surface area contributed by atoms with E-state index in [4.69, 9.17) is 0 Å². The lowest BCUT2D eigenvalue weighted by Gasteiger charge is -2.31. The van der Waals surface area contributed by atoms with Gasteiger partial charge in [0.15, 0.2) is 0 Å². The van der Waals surface area contributed by atoms with Crippen LogP contribution in [0.5, 0.6) is 0 Å². The van der Waals surface area contributed by atoms with E-state index in [1.54, 1.807) is 0 Å². The largest absolute Gasteiger partial charge is 0.323 e. The lowest BCUT2D eigenvalue weighted by atomic mass is 10.2. The van der Waals surface area contributed by atoms with Crippen molar-refractivity contribution >= 4 is 8.96 Å². The Morgan fingerprint density at radius 3 is 2.42 bits per heavy atom. The third kappa shape index (κ3) is 2.76. The lowest BCUT2D eigenvalue weighted by molar-refractivity contribution is 0.354. The number of piperidine rings is 1. The van der Waals surface area contributed by atoms with Crippen LogP contribution >= 0.6 is 0 Å². The predicted octanol–water partition coefficient (Wildman–Crippen LogP) is 2.33. The molecule has 0 bridgehead atoms. The Morgan fingerprint density at radius 2 is 1.92 bits per heavy atom. The Morgan fingerprint density at radius 1 is 1.25 bits per heavy atom. The third-order valence-electron chi connectivity index (χ3n) is 2.69. The summed E-state index contributed by atoms with van der Waals surface area (Å²) in [5, 5.41) is 0. The summed E-state index contributed by atoms with van der Waals surface area (Å²) in [4.78, 5) is 0. The van der Waals surface area contributed by atoms with Gasteiger partial charge in [0.25, 0.3) is 0 Å². The van der Waals surface area contributed by atoms with Crippen LogP contribution in [-0.4, -0.2) is 26.6 Å². The zero-order valence-corrected chi connectivity index (χ0v) is 9.58. The molecule has 1 fully saturated rings. The SMILES string of the molecule is CC=C[SiH](CC)N1CCCCC1. The second-order valence-electron chi connectivity index (χ2n) is 3.60. The van der Waals surface area contributed by atoms with Crippen LogP contribution in [0.2, 0.25) is 6.04 Å². The maximum atomic E-state index is 2.75. The van der Waals surface area contributed by atoms with Crippen molar-refractivity contribution in [2.75, 3.05) is 13.1 Å². The van der Waals surface area contributed by atoms with Crippen molar-refractivity contribution in [1.82, 2.24) is 4.57 Å². The minimum atomic E-state index is -0.642. The molecule has 0 aromatic rings. The molecule has 1 unspecified atom stereocenters. The number of nitrogens with zero attached hydrogens (tertiary/aromatic N) is 1. The van der Waals surface area contributed by atoms with E-state index in [1.807, 2.05) is 0 Å². The first-order valence-electron chi connectivity index (χ1n) is 5.25. The lowest BCUT2D eigenvalue weighted by Crippen LogP contribution is -2.41. The van der Waals surface area contributed by atoms with Gasteiger partial charge in [0.1, 0.15) is 8.96 Å². The molecule has 0 aromatic heterocycles. The molecule has 70 valence electrons. The van der Waals surface area contributed by atoms with Crippen molar-refractivity contribution in [3.8, 4) is 0 Å². The monoisotopic (exact) mass is 183 g/mol. The minimum absolute atomic E-state index is 0.642. The summed E-state index contributed by atoms with van der Waals surface area (Å²) in [6, 6.07) is 1.39. The molecule has 1 nitrogen and oxygen atoms in total. The van der Waals surface area contributed by atoms with Crippen molar-refractivity contribution in [3.05, 3.63) is 11.8 Å². The first kappa shape index (κ1) is 10.0. The predicted molar refractivity (Wildman–Crippen MR) is 57.9 cm³/mol. The third-order valence-corrected chi connectivity index (χ3v) is 5.81. The molecule has 1 aliphatic heterocycles. The second kappa shape index (κ2) is 5.54. The van der Waals surface area contributed by atoms with Crippen LogP contribution in [0.15, 0.2) is 11.8 Å². The highest BCUT2D eigenvalue weighted by molar-refractivity contribution is 6.61. The Hall–Kier alpha value is -0.0831. The van der Waals surface area contributed by atoms with Gasteiger partial charge in [-0.05, 0) is 38.9 Å². The van der Waals surface area contributed by atoms with Crippen LogP contribution in [0, 0.1) is 0 Å². The number of hydrogen-bond donors (Lipinski definition) is 0. The summed E-state index contributed by atoms with van der Waals surface area (Å²) in [5.74, 6) is 0. The summed E-state index contributed by atoms with van der Waals surface area (Å²) >= 11 is 0. The topological polar surface area (TPSA) is 3.24 Å². The van der Waals surface area contributed by atoms with Gasteiger partial charge in [0.2, 0.25) is 0 Å². The van der Waals surface area contributed by atoms with Gasteiger partial charge in [-0.25, -0.2) is 0 Å². The highest BCUT2D eigenvalue weighted by atomic mass is 28.3. The van der Waals surface area contributed by atoms with Gasteiger partial charge in [-0.2, -0.15) is 0 Å². The second-order valence-corrected chi connectivity index (χ2v) is 6.66. The van der Waals surface area contributed by atoms with E-state index in [9.17, 15) is 0 Å². The average molecular weight is 183 g/mol. The highest BCUT2D eigenvalue weighted by Crippen LogP contribution is 2.12. The molecule has 1 saturated heterocycles. The van der Waals surface area contributed by atoms with Gasteiger partial charge < -0.3 is 4.57 Å². The standard InChI is InChI=1S/C10H21NSi/c1-3-10-12(4-2)11-8-6-5-7-9-11/h3,10,12H,4-9H2,1-2H3. The molecule has 12 heavy (non-hydrogen) atoms. The fraction of sp³-hybridized carbons (Fsp3) is 0.800. The van der Waals surface area contributed by atoms with Crippen LogP contribution < -0.4 is 0 Å². The fourth-order valence-corrected chi connectivity index (χ4v) is 4.49. The Bertz CT molecular complexity index is 139. The summed E-state index contributed by atoms with van der Waals surface area (Å²) in [7, 11) is -0.642. The molecule has 0 aromatic carbocycles. The normalized spacial score (nSPS) is 23.2. The van der Waals surface area contributed by atoms with Crippen LogP contribution in [0.4, 0.5) is 0 Å². The molecule has 1 atom stereocenters. The number of hydrogen-bond acceptors (Lipinski definition) is 1. The minimum Gasteiger partial charge on any atom is -0.323 e. The summed E-state index contributed by atoms with van der Waals surface area (Å²) in [6.07, 6.45) is 6.56. The molecule has 1 aliphatic rings. The molecule has 0 N–H and O–H groups in total. The van der Waals surface area contributed by atoms with Gasteiger partial charge >= 0.3 is 0 Å². The van der Waals surface area contributed by atoms with Crippen molar-refractivity contribution < 1.29 is 0 Å². The first-order valence-corrected chi connectivity index (χ1v) is 7.25. The van der Waals surface area contributed by atoms with Gasteiger partial charge in [0, 0.05) is 0 Å². The van der Waals surface area contributed by atoms with E-state index in [-0.39, 0.29) is 0 Å². The van der Waals surface area contributed by atoms with Crippen molar-refractivity contribution in [1.29, 1.82) is 0 Å². The smallest absolute Gasteiger partial charge is 0.135 e. The molecule has 1 heterocycles. The zero-order valence-electron chi connectivity index (χ0n) is 8.42. The van der Waals surface area contributed by atoms with Crippen LogP contribution in [-0.2, 0) is 0 Å². The van der Waals surface area contributed by atoms with E-state index >= 15 is 0 Å². The summed E-state index contributed by atoms with van der Waals surface area (Å²) in [5.41, 5.74) is 2.48. The molecular weight excluding hydrogens is 162 g/mol. The molecule has 2 heteroatoms. The number of rotatable bonds is 3. The van der Waals surface area contributed by atoms with Gasteiger partial charge in [0.05, 0.1) is 0 Å². The molecule has 0 amide bonds. The summed E-state index contributed by atoms with van der Waals surface area (Å²) < 4.78 is 2.75. The zero-order chi connectivity index (χ0) is 8.81. The Labute approximate surface area is 78.1 Å². The maximum absolute atomic E-state index is 2.75. The van der Waals surface area contributed by atoms with Crippen LogP contribution in [0.3, 0.4) is 0 Å². The van der Waals surface area contributed by atoms with Gasteiger partial charge in [-0.15, -0.1) is 0 Å². The molecular formula is C10H21NSi. The molecule has 0 saturated carbocycles. The highest BCUT2D eigenvalue weighted by Gasteiger charge is 2.17. The van der Waals surface area contributed by atoms with E-state index in [1.165, 1.54) is 38.4 Å². The maximum Gasteiger partial charge on any atom is 0.135 e. The van der Waals surface area contributed by atoms with E-state index in [2.05, 4.69) is 30.2 Å². The quantitative estimate of drug-likeness (QED) is 0.607. The van der Waals surface area contributed by atoms with Gasteiger partial charge in [-0.3, -0.25) is 0 Å². The van der Waals surface area contributed by atoms with E-state index in [0.717, 1.165) is 0 Å². The number of allylic oxidation sites excluding steroid dienone is 1. The molecule has 1 rings (SSSR count). The van der Waals surface area contributed by atoms with Gasteiger partial charge in [-0.1, -0.05) is 25.1 Å². The van der Waals surface area contributed by atoms with Crippen molar-refractivity contribution in [3.63, 3.8) is 0 Å². The Balaban J connectivity index is 2.40. The fourth-order valence-electron chi connectivity index (χ4n) is 1.99. The molecule has 0 radical (unpaired) electrons. The van der Waals surface area contributed by atoms with Crippen molar-refractivity contribution in [2.24, 2.45) is 0 Å². The Kier molecular flexibility index (Phi) is 4.62. The van der Waals surface area contributed by atoms with Crippen molar-refractivity contribution in [2.45, 2.75) is 39.2 Å².